The summed E-state index contributed by atoms with van der Waals surface area (Å²) in [5, 5.41) is 0. The number of rotatable bonds is 4. The first-order valence-corrected chi connectivity index (χ1v) is 5.57. The van der Waals surface area contributed by atoms with Gasteiger partial charge in [0, 0.05) is 13.1 Å². The maximum atomic E-state index is 12.0. The van der Waals surface area contributed by atoms with Crippen molar-refractivity contribution in [2.24, 2.45) is 5.73 Å². The van der Waals surface area contributed by atoms with E-state index in [-0.39, 0.29) is 5.91 Å². The average molecular weight is 198 g/mol. The van der Waals surface area contributed by atoms with Gasteiger partial charge in [0.1, 0.15) is 0 Å². The molecule has 14 heavy (non-hydrogen) atoms. The van der Waals surface area contributed by atoms with Gasteiger partial charge >= 0.3 is 0 Å². The molecule has 82 valence electrons. The third-order valence-corrected chi connectivity index (χ3v) is 3.36. The van der Waals surface area contributed by atoms with Crippen LogP contribution >= 0.6 is 0 Å². The minimum absolute atomic E-state index is 0.129. The van der Waals surface area contributed by atoms with Crippen LogP contribution in [0.25, 0.3) is 0 Å². The topological polar surface area (TPSA) is 46.3 Å². The van der Waals surface area contributed by atoms with Crippen LogP contribution in [0.4, 0.5) is 0 Å². The van der Waals surface area contributed by atoms with Gasteiger partial charge in [-0.2, -0.15) is 0 Å². The molecule has 1 fully saturated rings. The largest absolute Gasteiger partial charge is 0.341 e. The van der Waals surface area contributed by atoms with Gasteiger partial charge in [-0.05, 0) is 32.6 Å². The first-order chi connectivity index (χ1) is 6.51. The number of carbonyl (C=O) groups excluding carboxylic acids is 1. The lowest BCUT2D eigenvalue weighted by molar-refractivity contribution is -0.140. The number of nitrogens with zero attached hydrogens (tertiary/aromatic N) is 1. The van der Waals surface area contributed by atoms with Crippen molar-refractivity contribution in [1.29, 1.82) is 0 Å². The van der Waals surface area contributed by atoms with E-state index >= 15 is 0 Å². The molecule has 3 heteroatoms. The molecule has 3 nitrogen and oxygen atoms in total. The van der Waals surface area contributed by atoms with Crippen LogP contribution in [-0.2, 0) is 4.79 Å². The van der Waals surface area contributed by atoms with Crippen LogP contribution in [-0.4, -0.2) is 29.4 Å². The summed E-state index contributed by atoms with van der Waals surface area (Å²) in [4.78, 5) is 13.8. The summed E-state index contributed by atoms with van der Waals surface area (Å²) >= 11 is 0. The first kappa shape index (κ1) is 11.5. The van der Waals surface area contributed by atoms with Gasteiger partial charge in [0.15, 0.2) is 0 Å². The maximum absolute atomic E-state index is 12.0. The van der Waals surface area contributed by atoms with Crippen LogP contribution in [0, 0.1) is 0 Å². The zero-order chi connectivity index (χ0) is 10.8. The van der Waals surface area contributed by atoms with Crippen LogP contribution in [0.15, 0.2) is 0 Å². The average Bonchev–Trinajstić information content (AvgIpc) is 2.12. The van der Waals surface area contributed by atoms with E-state index in [1.807, 2.05) is 11.9 Å². The molecule has 0 aromatic rings. The highest BCUT2D eigenvalue weighted by Gasteiger charge is 2.42. The molecule has 1 amide bonds. The van der Waals surface area contributed by atoms with E-state index in [0.717, 1.165) is 32.1 Å². The Morgan fingerprint density at radius 2 is 2.14 bits per heavy atom. The minimum Gasteiger partial charge on any atom is -0.341 e. The lowest BCUT2D eigenvalue weighted by atomic mass is 9.76. The van der Waals surface area contributed by atoms with Crippen molar-refractivity contribution in [3.8, 4) is 0 Å². The zero-order valence-corrected chi connectivity index (χ0v) is 9.55. The molecule has 1 aliphatic carbocycles. The first-order valence-electron chi connectivity index (χ1n) is 5.57. The predicted molar refractivity (Wildman–Crippen MR) is 57.9 cm³/mol. The van der Waals surface area contributed by atoms with Crippen molar-refractivity contribution in [1.82, 2.24) is 4.90 Å². The second-order valence-corrected chi connectivity index (χ2v) is 4.56. The summed E-state index contributed by atoms with van der Waals surface area (Å²) in [6.07, 6.45) is 4.97. The second-order valence-electron chi connectivity index (χ2n) is 4.56. The van der Waals surface area contributed by atoms with Gasteiger partial charge in [0.25, 0.3) is 0 Å². The van der Waals surface area contributed by atoms with E-state index in [0.29, 0.717) is 6.04 Å². The Bertz CT molecular complexity index is 211. The SMILES string of the molecule is CCCC(C)N(C)C(=O)C1(N)CCC1. The molecule has 1 aliphatic rings. The quantitative estimate of drug-likeness (QED) is 0.744. The molecule has 1 unspecified atom stereocenters. The molecule has 0 spiro atoms. The molecule has 0 bridgehead atoms. The lowest BCUT2D eigenvalue weighted by Crippen LogP contribution is -2.60. The van der Waals surface area contributed by atoms with Gasteiger partial charge in [-0.3, -0.25) is 4.79 Å². The van der Waals surface area contributed by atoms with E-state index in [9.17, 15) is 4.79 Å². The van der Waals surface area contributed by atoms with E-state index in [4.69, 9.17) is 5.73 Å². The number of hydrogen-bond acceptors (Lipinski definition) is 2. The van der Waals surface area contributed by atoms with Crippen LogP contribution in [0.3, 0.4) is 0 Å². The number of carbonyl (C=O) groups is 1. The summed E-state index contributed by atoms with van der Waals surface area (Å²) in [5.41, 5.74) is 5.46. The highest BCUT2D eigenvalue weighted by atomic mass is 16.2. The Morgan fingerprint density at radius 1 is 1.57 bits per heavy atom. The maximum Gasteiger partial charge on any atom is 0.242 e. The van der Waals surface area contributed by atoms with E-state index in [1.54, 1.807) is 0 Å². The number of amides is 1. The number of nitrogens with two attached hydrogens (primary N) is 1. The molecule has 1 rings (SSSR count). The monoisotopic (exact) mass is 198 g/mol. The number of hydrogen-bond donors (Lipinski definition) is 1. The lowest BCUT2D eigenvalue weighted by Gasteiger charge is -2.41. The van der Waals surface area contributed by atoms with Crippen molar-refractivity contribution in [3.63, 3.8) is 0 Å². The summed E-state index contributed by atoms with van der Waals surface area (Å²) in [6.45, 7) is 4.22. The van der Waals surface area contributed by atoms with Crippen molar-refractivity contribution < 1.29 is 4.79 Å². The normalized spacial score (nSPS) is 21.1. The third kappa shape index (κ3) is 2.08. The zero-order valence-electron chi connectivity index (χ0n) is 9.55. The summed E-state index contributed by atoms with van der Waals surface area (Å²) in [7, 11) is 1.87. The third-order valence-electron chi connectivity index (χ3n) is 3.36. The molecule has 0 heterocycles. The fourth-order valence-electron chi connectivity index (χ4n) is 1.93. The standard InChI is InChI=1S/C11H22N2O/c1-4-6-9(2)13(3)10(14)11(12)7-5-8-11/h9H,4-8,12H2,1-3H3. The molecule has 0 saturated heterocycles. The Balaban J connectivity index is 2.51. The van der Waals surface area contributed by atoms with Crippen LogP contribution in [0.2, 0.25) is 0 Å². The molecule has 1 atom stereocenters. The summed E-state index contributed by atoms with van der Waals surface area (Å²) < 4.78 is 0. The van der Waals surface area contributed by atoms with Crippen LogP contribution in [0.5, 0.6) is 0 Å². The Kier molecular flexibility index (Phi) is 3.53. The molecule has 0 radical (unpaired) electrons. The highest BCUT2D eigenvalue weighted by Crippen LogP contribution is 2.31. The van der Waals surface area contributed by atoms with Crippen molar-refractivity contribution in [2.45, 2.75) is 57.5 Å². The molecule has 0 aliphatic heterocycles. The molecular weight excluding hydrogens is 176 g/mol. The van der Waals surface area contributed by atoms with Gasteiger partial charge < -0.3 is 10.6 Å². The molecule has 0 aromatic carbocycles. The van der Waals surface area contributed by atoms with Crippen molar-refractivity contribution in [3.05, 3.63) is 0 Å². The molecule has 0 aromatic heterocycles. The van der Waals surface area contributed by atoms with Crippen LogP contribution < -0.4 is 5.73 Å². The molecular formula is C11H22N2O. The van der Waals surface area contributed by atoms with Gasteiger partial charge in [-0.15, -0.1) is 0 Å². The van der Waals surface area contributed by atoms with Crippen molar-refractivity contribution >= 4 is 5.91 Å². The predicted octanol–water partition coefficient (Wildman–Crippen LogP) is 1.51. The minimum atomic E-state index is -0.531. The second kappa shape index (κ2) is 4.30. The molecule has 1 saturated carbocycles. The van der Waals surface area contributed by atoms with E-state index in [2.05, 4.69) is 13.8 Å². The Morgan fingerprint density at radius 3 is 2.50 bits per heavy atom. The fraction of sp³-hybridized carbons (Fsp3) is 0.909. The fourth-order valence-corrected chi connectivity index (χ4v) is 1.93. The smallest absolute Gasteiger partial charge is 0.242 e. The Hall–Kier alpha value is -0.570. The Labute approximate surface area is 86.6 Å². The van der Waals surface area contributed by atoms with Gasteiger partial charge in [-0.1, -0.05) is 13.3 Å². The summed E-state index contributed by atoms with van der Waals surface area (Å²) in [5.74, 6) is 0.129. The van der Waals surface area contributed by atoms with Gasteiger partial charge in [-0.25, -0.2) is 0 Å². The molecule has 2 N–H and O–H groups in total. The van der Waals surface area contributed by atoms with E-state index in [1.165, 1.54) is 0 Å². The number of likely N-dealkylation sites (N-methyl/N-ethyl adjacent to an activating group) is 1. The van der Waals surface area contributed by atoms with Crippen LogP contribution in [0.1, 0.15) is 46.0 Å². The van der Waals surface area contributed by atoms with Gasteiger partial charge in [0.2, 0.25) is 5.91 Å². The highest BCUT2D eigenvalue weighted by molar-refractivity contribution is 5.87. The van der Waals surface area contributed by atoms with E-state index < -0.39 is 5.54 Å². The summed E-state index contributed by atoms with van der Waals surface area (Å²) in [6, 6.07) is 0.313. The van der Waals surface area contributed by atoms with Crippen molar-refractivity contribution in [2.75, 3.05) is 7.05 Å². The van der Waals surface area contributed by atoms with Gasteiger partial charge in [0.05, 0.1) is 5.54 Å².